The number of hydrogen-bond donors (Lipinski definition) is 3. The van der Waals surface area contributed by atoms with Crippen LogP contribution in [-0.2, 0) is 14.6 Å². The molecule has 0 spiro atoms. The fourth-order valence-electron chi connectivity index (χ4n) is 3.27. The van der Waals surface area contributed by atoms with Crippen molar-refractivity contribution in [2.75, 3.05) is 10.6 Å². The van der Waals surface area contributed by atoms with Gasteiger partial charge in [0, 0.05) is 16.7 Å². The SMILES string of the molecule is CCC(C(=O)Nc1cc(O)c(NC(=O)c2ccc(Cl)c(C)c2)cc1Cl)S(=O)(=O)c1ccccc1. The van der Waals surface area contributed by atoms with Crippen LogP contribution in [-0.4, -0.2) is 30.6 Å². The molecule has 0 aliphatic rings. The van der Waals surface area contributed by atoms with E-state index in [-0.39, 0.29) is 33.5 Å². The van der Waals surface area contributed by atoms with Crippen molar-refractivity contribution in [2.24, 2.45) is 0 Å². The average molecular weight is 521 g/mol. The molecule has 0 saturated carbocycles. The second-order valence-electron chi connectivity index (χ2n) is 7.51. The summed E-state index contributed by atoms with van der Waals surface area (Å²) < 4.78 is 25.8. The fraction of sp³-hybridized carbons (Fsp3) is 0.167. The molecule has 3 aromatic carbocycles. The normalized spacial score (nSPS) is 12.1. The number of benzene rings is 3. The van der Waals surface area contributed by atoms with Gasteiger partial charge in [0.05, 0.1) is 21.3 Å². The highest BCUT2D eigenvalue weighted by Gasteiger charge is 2.33. The zero-order chi connectivity index (χ0) is 25.0. The lowest BCUT2D eigenvalue weighted by Crippen LogP contribution is -2.34. The van der Waals surface area contributed by atoms with Crippen molar-refractivity contribution in [1.29, 1.82) is 0 Å². The van der Waals surface area contributed by atoms with Crippen LogP contribution in [0.3, 0.4) is 0 Å². The zero-order valence-corrected chi connectivity index (χ0v) is 20.6. The summed E-state index contributed by atoms with van der Waals surface area (Å²) in [6, 6.07) is 14.8. The van der Waals surface area contributed by atoms with Gasteiger partial charge < -0.3 is 15.7 Å². The zero-order valence-electron chi connectivity index (χ0n) is 18.3. The molecule has 178 valence electrons. The van der Waals surface area contributed by atoms with E-state index in [4.69, 9.17) is 23.2 Å². The quantitative estimate of drug-likeness (QED) is 0.358. The maximum Gasteiger partial charge on any atom is 0.255 e. The average Bonchev–Trinajstić information content (AvgIpc) is 2.79. The Balaban J connectivity index is 1.80. The number of phenols is 1. The third kappa shape index (κ3) is 5.52. The van der Waals surface area contributed by atoms with E-state index in [9.17, 15) is 23.1 Å². The number of carbonyl (C=O) groups excluding carboxylic acids is 2. The highest BCUT2D eigenvalue weighted by Crippen LogP contribution is 2.35. The molecule has 0 radical (unpaired) electrons. The molecule has 3 rings (SSSR count). The van der Waals surface area contributed by atoms with Gasteiger partial charge in [-0.05, 0) is 55.3 Å². The number of carbonyl (C=O) groups is 2. The van der Waals surface area contributed by atoms with Crippen LogP contribution in [0.25, 0.3) is 0 Å². The summed E-state index contributed by atoms with van der Waals surface area (Å²) >= 11 is 12.2. The Labute approximate surface area is 207 Å². The number of amides is 2. The van der Waals surface area contributed by atoms with E-state index < -0.39 is 26.9 Å². The Morgan fingerprint density at radius 3 is 2.24 bits per heavy atom. The number of rotatable bonds is 7. The molecule has 0 aromatic heterocycles. The van der Waals surface area contributed by atoms with Crippen LogP contribution in [0.4, 0.5) is 11.4 Å². The van der Waals surface area contributed by atoms with Gasteiger partial charge in [0.1, 0.15) is 11.0 Å². The number of sulfone groups is 1. The molecule has 10 heteroatoms. The Morgan fingerprint density at radius 2 is 1.62 bits per heavy atom. The molecule has 0 saturated heterocycles. The van der Waals surface area contributed by atoms with Crippen molar-refractivity contribution >= 4 is 56.2 Å². The third-order valence-electron chi connectivity index (χ3n) is 5.12. The van der Waals surface area contributed by atoms with Crippen molar-refractivity contribution < 1.29 is 23.1 Å². The van der Waals surface area contributed by atoms with Gasteiger partial charge in [0.2, 0.25) is 5.91 Å². The molecule has 34 heavy (non-hydrogen) atoms. The second kappa shape index (κ2) is 10.5. The van der Waals surface area contributed by atoms with E-state index in [1.807, 2.05) is 0 Å². The monoisotopic (exact) mass is 520 g/mol. The lowest BCUT2D eigenvalue weighted by atomic mass is 10.1. The highest BCUT2D eigenvalue weighted by atomic mass is 35.5. The van der Waals surface area contributed by atoms with Gasteiger partial charge in [-0.15, -0.1) is 0 Å². The molecule has 1 unspecified atom stereocenters. The van der Waals surface area contributed by atoms with Gasteiger partial charge >= 0.3 is 0 Å². The van der Waals surface area contributed by atoms with Gasteiger partial charge in [-0.25, -0.2) is 8.42 Å². The van der Waals surface area contributed by atoms with Crippen LogP contribution in [0.15, 0.2) is 65.6 Å². The summed E-state index contributed by atoms with van der Waals surface area (Å²) in [5.74, 6) is -1.65. The van der Waals surface area contributed by atoms with Crippen LogP contribution in [0.5, 0.6) is 5.75 Å². The molecule has 7 nitrogen and oxygen atoms in total. The summed E-state index contributed by atoms with van der Waals surface area (Å²) in [6.07, 6.45) is 0.0291. The number of phenolic OH excluding ortho intramolecular Hbond substituents is 1. The predicted molar refractivity (Wildman–Crippen MR) is 134 cm³/mol. The molecule has 0 fully saturated rings. The van der Waals surface area contributed by atoms with Crippen LogP contribution >= 0.6 is 23.2 Å². The molecular formula is C24H22Cl2N2O5S. The number of hydrogen-bond acceptors (Lipinski definition) is 5. The first-order valence-electron chi connectivity index (χ1n) is 10.2. The fourth-order valence-corrected chi connectivity index (χ4v) is 5.24. The van der Waals surface area contributed by atoms with Crippen molar-refractivity contribution in [3.8, 4) is 5.75 Å². The smallest absolute Gasteiger partial charge is 0.255 e. The molecule has 0 aliphatic heterocycles. The summed E-state index contributed by atoms with van der Waals surface area (Å²) in [7, 11) is -3.94. The van der Waals surface area contributed by atoms with Gasteiger partial charge in [-0.2, -0.15) is 0 Å². The maximum atomic E-state index is 12.9. The molecule has 2 amide bonds. The molecule has 1 atom stereocenters. The van der Waals surface area contributed by atoms with E-state index in [1.54, 1.807) is 44.2 Å². The van der Waals surface area contributed by atoms with Crippen molar-refractivity contribution in [3.63, 3.8) is 0 Å². The van der Waals surface area contributed by atoms with Crippen molar-refractivity contribution in [1.82, 2.24) is 0 Å². The van der Waals surface area contributed by atoms with E-state index in [1.165, 1.54) is 24.3 Å². The number of halogens is 2. The number of aryl methyl sites for hydroxylation is 1. The van der Waals surface area contributed by atoms with Crippen LogP contribution < -0.4 is 10.6 Å². The molecule has 0 bridgehead atoms. The minimum atomic E-state index is -3.94. The molecule has 3 aromatic rings. The topological polar surface area (TPSA) is 113 Å². The molecule has 0 heterocycles. The lowest BCUT2D eigenvalue weighted by Gasteiger charge is -2.17. The van der Waals surface area contributed by atoms with E-state index in [2.05, 4.69) is 10.6 Å². The molecule has 0 aliphatic carbocycles. The van der Waals surface area contributed by atoms with E-state index >= 15 is 0 Å². The molecular weight excluding hydrogens is 499 g/mol. The number of anilines is 2. The maximum absolute atomic E-state index is 12.9. The van der Waals surface area contributed by atoms with E-state index in [0.29, 0.717) is 16.1 Å². The summed E-state index contributed by atoms with van der Waals surface area (Å²) in [5, 5.41) is 14.6. The summed E-state index contributed by atoms with van der Waals surface area (Å²) in [4.78, 5) is 25.4. The standard InChI is InChI=1S/C24H22Cl2N2O5S/c1-3-22(34(32,33)16-7-5-4-6-8-16)24(31)27-19-13-21(29)20(12-18(19)26)28-23(30)15-9-10-17(25)14(2)11-15/h4-13,22,29H,3H2,1-2H3,(H,27,31)(H,28,30). The van der Waals surface area contributed by atoms with Gasteiger partial charge in [0.15, 0.2) is 9.84 Å². The van der Waals surface area contributed by atoms with Crippen LogP contribution in [0, 0.1) is 6.92 Å². The Bertz CT molecular complexity index is 1340. The van der Waals surface area contributed by atoms with Gasteiger partial charge in [-0.1, -0.05) is 48.3 Å². The van der Waals surface area contributed by atoms with Crippen molar-refractivity contribution in [3.05, 3.63) is 81.8 Å². The molecule has 3 N–H and O–H groups in total. The van der Waals surface area contributed by atoms with Gasteiger partial charge in [-0.3, -0.25) is 9.59 Å². The minimum absolute atomic E-state index is 0.000647. The summed E-state index contributed by atoms with van der Waals surface area (Å²) in [5.41, 5.74) is 1.06. The first-order chi connectivity index (χ1) is 16.0. The summed E-state index contributed by atoms with van der Waals surface area (Å²) in [6.45, 7) is 3.34. The van der Waals surface area contributed by atoms with Crippen LogP contribution in [0.2, 0.25) is 10.0 Å². The minimum Gasteiger partial charge on any atom is -0.506 e. The number of nitrogens with one attached hydrogen (secondary N) is 2. The second-order valence-corrected chi connectivity index (χ2v) is 10.5. The van der Waals surface area contributed by atoms with Gasteiger partial charge in [0.25, 0.3) is 5.91 Å². The highest BCUT2D eigenvalue weighted by molar-refractivity contribution is 7.92. The van der Waals surface area contributed by atoms with E-state index in [0.717, 1.165) is 6.07 Å². The first kappa shape index (κ1) is 25.6. The Kier molecular flexibility index (Phi) is 7.86. The number of aromatic hydroxyl groups is 1. The Morgan fingerprint density at radius 1 is 0.941 bits per heavy atom. The predicted octanol–water partition coefficient (Wildman–Crippen LogP) is 5.45. The largest absolute Gasteiger partial charge is 0.506 e. The lowest BCUT2D eigenvalue weighted by molar-refractivity contribution is -0.115. The van der Waals surface area contributed by atoms with Crippen molar-refractivity contribution in [2.45, 2.75) is 30.4 Å². The Hall–Kier alpha value is -3.07. The third-order valence-corrected chi connectivity index (χ3v) is 8.08. The first-order valence-corrected chi connectivity index (χ1v) is 12.5. The van der Waals surface area contributed by atoms with Crippen LogP contribution in [0.1, 0.15) is 29.3 Å².